The molecule has 1 aromatic rings. The Kier molecular flexibility index (Phi) is 5.69. The predicted octanol–water partition coefficient (Wildman–Crippen LogP) is 1.56. The lowest BCUT2D eigenvalue weighted by molar-refractivity contribution is 0.0738. The first-order chi connectivity index (χ1) is 8.91. The molecular formula is C13H19N3O2S. The molecule has 0 bridgehead atoms. The molecule has 104 valence electrons. The standard InChI is InChI=1S/C13H19N3O2S/c1-9(2)8-16(6-4-12(14)19)13(18)10-3-5-15-7-11(10)17/h3,5,7,9,17H,4,6,8H2,1-2H3,(H2,14,19). The Bertz CT molecular complexity index is 463. The number of hydrogen-bond acceptors (Lipinski definition) is 4. The average Bonchev–Trinajstić information content (AvgIpc) is 2.33. The summed E-state index contributed by atoms with van der Waals surface area (Å²) in [5, 5.41) is 9.68. The van der Waals surface area contributed by atoms with Gasteiger partial charge in [-0.3, -0.25) is 9.78 Å². The third-order valence-electron chi connectivity index (χ3n) is 2.53. The highest BCUT2D eigenvalue weighted by atomic mass is 32.1. The summed E-state index contributed by atoms with van der Waals surface area (Å²) in [4.78, 5) is 18.2. The Morgan fingerprint density at radius 2 is 2.26 bits per heavy atom. The van der Waals surface area contributed by atoms with Crippen molar-refractivity contribution >= 4 is 23.1 Å². The number of aromatic hydroxyl groups is 1. The molecule has 0 aliphatic heterocycles. The molecule has 0 fully saturated rings. The molecule has 6 heteroatoms. The van der Waals surface area contributed by atoms with Gasteiger partial charge in [0.1, 0.15) is 5.75 Å². The van der Waals surface area contributed by atoms with E-state index in [4.69, 9.17) is 18.0 Å². The fraction of sp³-hybridized carbons (Fsp3) is 0.462. The second-order valence-corrected chi connectivity index (χ2v) is 5.28. The summed E-state index contributed by atoms with van der Waals surface area (Å²) in [6.07, 6.45) is 3.21. The molecule has 0 aliphatic carbocycles. The molecule has 1 aromatic heterocycles. The Morgan fingerprint density at radius 1 is 1.58 bits per heavy atom. The van der Waals surface area contributed by atoms with Crippen molar-refractivity contribution in [2.24, 2.45) is 11.7 Å². The molecule has 1 amide bonds. The molecular weight excluding hydrogens is 262 g/mol. The Balaban J connectivity index is 2.87. The summed E-state index contributed by atoms with van der Waals surface area (Å²) in [5.74, 6) is -0.0271. The highest BCUT2D eigenvalue weighted by molar-refractivity contribution is 7.80. The molecule has 5 nitrogen and oxygen atoms in total. The fourth-order valence-corrected chi connectivity index (χ4v) is 1.79. The highest BCUT2D eigenvalue weighted by Crippen LogP contribution is 2.17. The van der Waals surface area contributed by atoms with Gasteiger partial charge in [-0.25, -0.2) is 0 Å². The summed E-state index contributed by atoms with van der Waals surface area (Å²) in [7, 11) is 0. The Morgan fingerprint density at radius 3 is 2.79 bits per heavy atom. The van der Waals surface area contributed by atoms with E-state index >= 15 is 0 Å². The van der Waals surface area contributed by atoms with Gasteiger partial charge in [0.05, 0.1) is 16.7 Å². The van der Waals surface area contributed by atoms with Crippen molar-refractivity contribution in [2.75, 3.05) is 13.1 Å². The molecule has 19 heavy (non-hydrogen) atoms. The zero-order valence-electron chi connectivity index (χ0n) is 11.2. The SMILES string of the molecule is CC(C)CN(CCC(N)=S)C(=O)c1ccncc1O. The van der Waals surface area contributed by atoms with Crippen LogP contribution < -0.4 is 5.73 Å². The van der Waals surface area contributed by atoms with Crippen molar-refractivity contribution in [2.45, 2.75) is 20.3 Å². The van der Waals surface area contributed by atoms with Crippen molar-refractivity contribution in [1.29, 1.82) is 0 Å². The quantitative estimate of drug-likeness (QED) is 0.774. The molecule has 3 N–H and O–H groups in total. The van der Waals surface area contributed by atoms with Gasteiger partial charge in [0, 0.05) is 25.7 Å². The van der Waals surface area contributed by atoms with E-state index in [9.17, 15) is 9.90 Å². The number of nitrogens with two attached hydrogens (primary N) is 1. The number of thiocarbonyl (C=S) groups is 1. The van der Waals surface area contributed by atoms with E-state index in [-0.39, 0.29) is 17.2 Å². The highest BCUT2D eigenvalue weighted by Gasteiger charge is 2.19. The predicted molar refractivity (Wildman–Crippen MR) is 78.0 cm³/mol. The van der Waals surface area contributed by atoms with E-state index in [1.54, 1.807) is 4.90 Å². The molecule has 0 spiro atoms. The molecule has 0 aromatic carbocycles. The van der Waals surface area contributed by atoms with Crippen LogP contribution in [0.15, 0.2) is 18.5 Å². The number of pyridine rings is 1. The van der Waals surface area contributed by atoms with E-state index in [0.29, 0.717) is 30.4 Å². The minimum absolute atomic E-state index is 0.114. The lowest BCUT2D eigenvalue weighted by Crippen LogP contribution is -2.36. The molecule has 1 heterocycles. The van der Waals surface area contributed by atoms with Crippen molar-refractivity contribution in [3.05, 3.63) is 24.0 Å². The van der Waals surface area contributed by atoms with Gasteiger partial charge < -0.3 is 15.7 Å². The van der Waals surface area contributed by atoms with E-state index in [1.165, 1.54) is 18.5 Å². The van der Waals surface area contributed by atoms with Crippen LogP contribution in [0, 0.1) is 5.92 Å². The van der Waals surface area contributed by atoms with Gasteiger partial charge in [0.2, 0.25) is 0 Å². The first kappa shape index (κ1) is 15.4. The molecule has 0 atom stereocenters. The summed E-state index contributed by atoms with van der Waals surface area (Å²) in [5.41, 5.74) is 5.72. The topological polar surface area (TPSA) is 79.5 Å². The molecule has 0 unspecified atom stereocenters. The van der Waals surface area contributed by atoms with Crippen molar-refractivity contribution in [3.63, 3.8) is 0 Å². The largest absolute Gasteiger partial charge is 0.505 e. The first-order valence-electron chi connectivity index (χ1n) is 6.12. The van der Waals surface area contributed by atoms with Crippen LogP contribution in [-0.2, 0) is 0 Å². The molecule has 0 saturated carbocycles. The normalized spacial score (nSPS) is 10.5. The Labute approximate surface area is 118 Å². The van der Waals surface area contributed by atoms with Crippen LogP contribution in [-0.4, -0.2) is 39.0 Å². The van der Waals surface area contributed by atoms with E-state index in [0.717, 1.165) is 0 Å². The number of carbonyl (C=O) groups excluding carboxylic acids is 1. The van der Waals surface area contributed by atoms with Gasteiger partial charge in [-0.15, -0.1) is 0 Å². The van der Waals surface area contributed by atoms with E-state index in [1.807, 2.05) is 13.8 Å². The average molecular weight is 281 g/mol. The molecule has 0 aliphatic rings. The zero-order chi connectivity index (χ0) is 14.4. The number of rotatable bonds is 6. The maximum atomic E-state index is 12.4. The summed E-state index contributed by atoms with van der Waals surface area (Å²) < 4.78 is 0. The monoisotopic (exact) mass is 281 g/mol. The van der Waals surface area contributed by atoms with Crippen LogP contribution in [0.1, 0.15) is 30.6 Å². The zero-order valence-corrected chi connectivity index (χ0v) is 12.0. The number of amides is 1. The molecule has 1 rings (SSSR count). The van der Waals surface area contributed by atoms with Gasteiger partial charge in [0.25, 0.3) is 5.91 Å². The molecule has 0 radical (unpaired) electrons. The number of aromatic nitrogens is 1. The van der Waals surface area contributed by atoms with Crippen LogP contribution in [0.25, 0.3) is 0 Å². The first-order valence-corrected chi connectivity index (χ1v) is 6.53. The fourth-order valence-electron chi connectivity index (χ4n) is 1.70. The van der Waals surface area contributed by atoms with Crippen LogP contribution in [0.2, 0.25) is 0 Å². The third kappa shape index (κ3) is 4.82. The van der Waals surface area contributed by atoms with Crippen molar-refractivity contribution in [1.82, 2.24) is 9.88 Å². The molecule has 0 saturated heterocycles. The number of carbonyl (C=O) groups is 1. The van der Waals surface area contributed by atoms with Crippen LogP contribution in [0.5, 0.6) is 5.75 Å². The number of nitrogens with zero attached hydrogens (tertiary/aromatic N) is 2. The maximum Gasteiger partial charge on any atom is 0.257 e. The van der Waals surface area contributed by atoms with Crippen molar-refractivity contribution in [3.8, 4) is 5.75 Å². The second-order valence-electron chi connectivity index (χ2n) is 4.75. The van der Waals surface area contributed by atoms with E-state index < -0.39 is 0 Å². The van der Waals surface area contributed by atoms with Crippen LogP contribution >= 0.6 is 12.2 Å². The van der Waals surface area contributed by atoms with E-state index in [2.05, 4.69) is 4.98 Å². The van der Waals surface area contributed by atoms with Gasteiger partial charge in [-0.05, 0) is 12.0 Å². The summed E-state index contributed by atoms with van der Waals surface area (Å²) in [6.45, 7) is 5.08. The van der Waals surface area contributed by atoms with Crippen molar-refractivity contribution < 1.29 is 9.90 Å². The maximum absolute atomic E-state index is 12.4. The van der Waals surface area contributed by atoms with Crippen LogP contribution in [0.4, 0.5) is 0 Å². The van der Waals surface area contributed by atoms with Gasteiger partial charge in [-0.1, -0.05) is 26.1 Å². The minimum Gasteiger partial charge on any atom is -0.505 e. The summed E-state index contributed by atoms with van der Waals surface area (Å²) in [6, 6.07) is 1.51. The number of hydrogen-bond donors (Lipinski definition) is 2. The summed E-state index contributed by atoms with van der Waals surface area (Å²) >= 11 is 4.84. The Hall–Kier alpha value is -1.69. The van der Waals surface area contributed by atoms with Gasteiger partial charge >= 0.3 is 0 Å². The van der Waals surface area contributed by atoms with Gasteiger partial charge in [0.15, 0.2) is 0 Å². The second kappa shape index (κ2) is 7.04. The lowest BCUT2D eigenvalue weighted by Gasteiger charge is -2.24. The van der Waals surface area contributed by atoms with Crippen LogP contribution in [0.3, 0.4) is 0 Å². The van der Waals surface area contributed by atoms with Gasteiger partial charge in [-0.2, -0.15) is 0 Å². The lowest BCUT2D eigenvalue weighted by atomic mass is 10.1. The minimum atomic E-state index is -0.232. The smallest absolute Gasteiger partial charge is 0.257 e. The third-order valence-corrected chi connectivity index (χ3v) is 2.74.